The molecule has 0 aliphatic heterocycles. The summed E-state index contributed by atoms with van der Waals surface area (Å²) in [5, 5.41) is 2.70. The number of nitrogens with one attached hydrogen (secondary N) is 1. The van der Waals surface area contributed by atoms with E-state index in [9.17, 15) is 18.0 Å². The van der Waals surface area contributed by atoms with Gasteiger partial charge in [0.15, 0.2) is 0 Å². The number of benzene rings is 1. The summed E-state index contributed by atoms with van der Waals surface area (Å²) in [7, 11) is 0. The highest BCUT2D eigenvalue weighted by Crippen LogP contribution is 2.30. The highest BCUT2D eigenvalue weighted by atomic mass is 19.4. The molecule has 0 aliphatic rings. The van der Waals surface area contributed by atoms with Crippen LogP contribution in [0.4, 0.5) is 13.2 Å². The van der Waals surface area contributed by atoms with Crippen molar-refractivity contribution in [1.82, 2.24) is 5.32 Å². The molecule has 0 radical (unpaired) electrons. The van der Waals surface area contributed by atoms with E-state index in [1.165, 1.54) is 12.1 Å². The second kappa shape index (κ2) is 7.17. The van der Waals surface area contributed by atoms with Gasteiger partial charge in [0.1, 0.15) is 12.4 Å². The highest BCUT2D eigenvalue weighted by molar-refractivity contribution is 5.78. The summed E-state index contributed by atoms with van der Waals surface area (Å²) >= 11 is 0. The van der Waals surface area contributed by atoms with Crippen molar-refractivity contribution >= 4 is 5.91 Å². The molecule has 3 nitrogen and oxygen atoms in total. The Hall–Kier alpha value is -1.72. The molecule has 0 aromatic heterocycles. The fraction of sp³-hybridized carbons (Fsp3) is 0.500. The Bertz CT molecular complexity index is 429. The van der Waals surface area contributed by atoms with Gasteiger partial charge < -0.3 is 10.1 Å². The number of hydrogen-bond acceptors (Lipinski definition) is 2. The van der Waals surface area contributed by atoms with Crippen LogP contribution in [0.15, 0.2) is 24.3 Å². The van der Waals surface area contributed by atoms with Gasteiger partial charge in [-0.1, -0.05) is 13.8 Å². The number of halogens is 3. The Labute approximate surface area is 116 Å². The summed E-state index contributed by atoms with van der Waals surface area (Å²) in [6.07, 6.45) is -3.59. The monoisotopic (exact) mass is 289 g/mol. The summed E-state index contributed by atoms with van der Waals surface area (Å²) in [5.74, 6) is 0.236. The van der Waals surface area contributed by atoms with Gasteiger partial charge in [-0.2, -0.15) is 13.2 Å². The zero-order chi connectivity index (χ0) is 15.2. The van der Waals surface area contributed by atoms with Gasteiger partial charge in [0.25, 0.3) is 0 Å². The van der Waals surface area contributed by atoms with Gasteiger partial charge in [0, 0.05) is 5.92 Å². The minimum atomic E-state index is -4.34. The van der Waals surface area contributed by atoms with Crippen molar-refractivity contribution in [2.75, 3.05) is 13.2 Å². The third-order valence-corrected chi connectivity index (χ3v) is 2.91. The minimum absolute atomic E-state index is 0.0523. The number of alkyl halides is 3. The van der Waals surface area contributed by atoms with Crippen molar-refractivity contribution in [3.63, 3.8) is 0 Å². The fourth-order valence-corrected chi connectivity index (χ4v) is 1.44. The van der Waals surface area contributed by atoms with Gasteiger partial charge in [-0.05, 0) is 30.7 Å². The van der Waals surface area contributed by atoms with Crippen LogP contribution in [0.2, 0.25) is 0 Å². The van der Waals surface area contributed by atoms with Gasteiger partial charge in [-0.25, -0.2) is 0 Å². The zero-order valence-electron chi connectivity index (χ0n) is 11.5. The summed E-state index contributed by atoms with van der Waals surface area (Å²) < 4.78 is 42.3. The average Bonchev–Trinajstić information content (AvgIpc) is 2.42. The van der Waals surface area contributed by atoms with Gasteiger partial charge in [0.05, 0.1) is 12.1 Å². The van der Waals surface area contributed by atoms with Crippen LogP contribution < -0.4 is 10.1 Å². The zero-order valence-corrected chi connectivity index (χ0v) is 11.5. The molecule has 20 heavy (non-hydrogen) atoms. The molecule has 0 fully saturated rings. The number of rotatable bonds is 6. The van der Waals surface area contributed by atoms with Crippen molar-refractivity contribution < 1.29 is 22.7 Å². The summed E-state index contributed by atoms with van der Waals surface area (Å²) in [5.41, 5.74) is -0.713. The van der Waals surface area contributed by atoms with Crippen molar-refractivity contribution in [2.24, 2.45) is 5.92 Å². The van der Waals surface area contributed by atoms with E-state index < -0.39 is 11.7 Å². The lowest BCUT2D eigenvalue weighted by molar-refractivity contribution is -0.137. The van der Waals surface area contributed by atoms with Crippen molar-refractivity contribution in [1.29, 1.82) is 0 Å². The third-order valence-electron chi connectivity index (χ3n) is 2.91. The molecule has 1 amide bonds. The molecule has 0 saturated carbocycles. The molecule has 1 aromatic carbocycles. The molecule has 0 bridgehead atoms. The normalized spacial score (nSPS) is 12.8. The van der Waals surface area contributed by atoms with E-state index in [4.69, 9.17) is 4.74 Å². The quantitative estimate of drug-likeness (QED) is 0.816. The molecule has 1 atom stereocenters. The Morgan fingerprint density at radius 3 is 2.40 bits per heavy atom. The summed E-state index contributed by atoms with van der Waals surface area (Å²) in [6, 6.07) is 4.46. The maximum atomic E-state index is 12.3. The number of amides is 1. The molecule has 1 N–H and O–H groups in total. The minimum Gasteiger partial charge on any atom is -0.492 e. The molecule has 0 saturated heterocycles. The van der Waals surface area contributed by atoms with Gasteiger partial charge in [0.2, 0.25) is 5.91 Å². The Morgan fingerprint density at radius 2 is 1.90 bits per heavy atom. The first-order chi connectivity index (χ1) is 9.34. The van der Waals surface area contributed by atoms with E-state index in [1.807, 2.05) is 13.8 Å². The molecular formula is C14H18F3NO2. The predicted molar refractivity (Wildman–Crippen MR) is 69.4 cm³/mol. The largest absolute Gasteiger partial charge is 0.492 e. The second-order valence-corrected chi connectivity index (χ2v) is 4.47. The van der Waals surface area contributed by atoms with Crippen molar-refractivity contribution in [2.45, 2.75) is 26.4 Å². The molecule has 0 heterocycles. The lowest BCUT2D eigenvalue weighted by Gasteiger charge is -2.11. The summed E-state index contributed by atoms with van der Waals surface area (Å²) in [4.78, 5) is 11.4. The van der Waals surface area contributed by atoms with Crippen LogP contribution in [0.25, 0.3) is 0 Å². The van der Waals surface area contributed by atoms with Crippen LogP contribution >= 0.6 is 0 Å². The van der Waals surface area contributed by atoms with Crippen LogP contribution in [0.5, 0.6) is 5.75 Å². The lowest BCUT2D eigenvalue weighted by atomic mass is 10.1. The molecule has 0 spiro atoms. The Balaban J connectivity index is 2.34. The van der Waals surface area contributed by atoms with Gasteiger partial charge in [-0.15, -0.1) is 0 Å². The maximum Gasteiger partial charge on any atom is 0.416 e. The van der Waals surface area contributed by atoms with Crippen molar-refractivity contribution in [3.8, 4) is 5.75 Å². The molecule has 112 valence electrons. The fourth-order valence-electron chi connectivity index (χ4n) is 1.44. The molecule has 6 heteroatoms. The molecule has 0 aliphatic carbocycles. The lowest BCUT2D eigenvalue weighted by Crippen LogP contribution is -2.32. The van der Waals surface area contributed by atoms with Crippen LogP contribution in [-0.2, 0) is 11.0 Å². The maximum absolute atomic E-state index is 12.3. The van der Waals surface area contributed by atoms with E-state index in [0.717, 1.165) is 18.6 Å². The number of hydrogen-bond donors (Lipinski definition) is 1. The van der Waals surface area contributed by atoms with Crippen LogP contribution in [0, 0.1) is 5.92 Å². The smallest absolute Gasteiger partial charge is 0.416 e. The van der Waals surface area contributed by atoms with Gasteiger partial charge >= 0.3 is 6.18 Å². The van der Waals surface area contributed by atoms with E-state index in [-0.39, 0.29) is 18.4 Å². The first-order valence-corrected chi connectivity index (χ1v) is 6.42. The van der Waals surface area contributed by atoms with Crippen molar-refractivity contribution in [3.05, 3.63) is 29.8 Å². The van der Waals surface area contributed by atoms with E-state index in [2.05, 4.69) is 5.32 Å². The first kappa shape index (κ1) is 16.3. The predicted octanol–water partition coefficient (Wildman–Crippen LogP) is 3.25. The molecular weight excluding hydrogens is 271 g/mol. The first-order valence-electron chi connectivity index (χ1n) is 6.42. The number of carbonyl (C=O) groups is 1. The van der Waals surface area contributed by atoms with Crippen LogP contribution in [0.3, 0.4) is 0 Å². The number of ether oxygens (including phenoxy) is 1. The SMILES string of the molecule is CCC(C)C(=O)NCCOc1ccc(C(F)(F)F)cc1. The molecule has 1 unspecified atom stereocenters. The van der Waals surface area contributed by atoms with Crippen LogP contribution in [-0.4, -0.2) is 19.1 Å². The van der Waals surface area contributed by atoms with E-state index >= 15 is 0 Å². The Morgan fingerprint density at radius 1 is 1.30 bits per heavy atom. The van der Waals surface area contributed by atoms with Crippen LogP contribution in [0.1, 0.15) is 25.8 Å². The average molecular weight is 289 g/mol. The standard InChI is InChI=1S/C14H18F3NO2/c1-3-10(2)13(19)18-8-9-20-12-6-4-11(5-7-12)14(15,16)17/h4-7,10H,3,8-9H2,1-2H3,(H,18,19). The number of carbonyl (C=O) groups excluding carboxylic acids is 1. The third kappa shape index (κ3) is 5.11. The Kier molecular flexibility index (Phi) is 5.85. The van der Waals surface area contributed by atoms with E-state index in [0.29, 0.717) is 12.3 Å². The highest BCUT2D eigenvalue weighted by Gasteiger charge is 2.29. The topological polar surface area (TPSA) is 38.3 Å². The molecule has 1 rings (SSSR count). The van der Waals surface area contributed by atoms with E-state index in [1.54, 1.807) is 0 Å². The summed E-state index contributed by atoms with van der Waals surface area (Å²) in [6.45, 7) is 4.28. The van der Waals surface area contributed by atoms with Gasteiger partial charge in [-0.3, -0.25) is 4.79 Å². The molecule has 1 aromatic rings. The second-order valence-electron chi connectivity index (χ2n) is 4.47.